The Labute approximate surface area is 120 Å². The summed E-state index contributed by atoms with van der Waals surface area (Å²) >= 11 is 0. The number of carbonyl (C=O) groups excluding carboxylic acids is 1. The summed E-state index contributed by atoms with van der Waals surface area (Å²) in [5.74, 6) is -0.0746. The Kier molecular flexibility index (Phi) is 5.22. The molecule has 0 aliphatic heterocycles. The van der Waals surface area contributed by atoms with Crippen LogP contribution in [0, 0.1) is 6.92 Å². The summed E-state index contributed by atoms with van der Waals surface area (Å²) in [5.41, 5.74) is 2.59. The van der Waals surface area contributed by atoms with Gasteiger partial charge in [-0.1, -0.05) is 18.1 Å². The second-order valence-corrected chi connectivity index (χ2v) is 5.19. The maximum Gasteiger partial charge on any atom is 0.305 e. The number of rotatable bonds is 7. The minimum atomic E-state index is -0.0746. The molecule has 1 aromatic heterocycles. The first-order chi connectivity index (χ1) is 9.70. The summed E-state index contributed by atoms with van der Waals surface area (Å²) in [6.45, 7) is 5.45. The summed E-state index contributed by atoms with van der Waals surface area (Å²) < 4.78 is 7.21. The molecule has 0 saturated heterocycles. The Morgan fingerprint density at radius 2 is 2.05 bits per heavy atom. The molecule has 3 heteroatoms. The highest BCUT2D eigenvalue weighted by atomic mass is 16.5. The Balaban J connectivity index is 1.77. The monoisotopic (exact) mass is 273 g/mol. The van der Waals surface area contributed by atoms with E-state index in [1.807, 2.05) is 6.92 Å². The number of ether oxygens (including phenoxy) is 1. The molecule has 0 unspecified atom stereocenters. The SMILES string of the molecule is CCOC(=O)CCCCCn1ccc2cc(C)ccc21. The van der Waals surface area contributed by atoms with Gasteiger partial charge in [0.15, 0.2) is 0 Å². The lowest BCUT2D eigenvalue weighted by atomic mass is 10.2. The number of hydrogen-bond donors (Lipinski definition) is 0. The van der Waals surface area contributed by atoms with E-state index in [9.17, 15) is 4.79 Å². The number of aryl methyl sites for hydroxylation is 2. The maximum atomic E-state index is 11.2. The van der Waals surface area contributed by atoms with Gasteiger partial charge >= 0.3 is 5.97 Å². The van der Waals surface area contributed by atoms with Gasteiger partial charge in [0.05, 0.1) is 6.61 Å². The van der Waals surface area contributed by atoms with E-state index in [2.05, 4.69) is 42.0 Å². The number of aromatic nitrogens is 1. The summed E-state index contributed by atoms with van der Waals surface area (Å²) in [7, 11) is 0. The molecule has 0 amide bonds. The fourth-order valence-electron chi connectivity index (χ4n) is 2.48. The lowest BCUT2D eigenvalue weighted by molar-refractivity contribution is -0.143. The summed E-state index contributed by atoms with van der Waals surface area (Å²) in [4.78, 5) is 11.2. The molecular formula is C17H23NO2. The molecule has 2 rings (SSSR count). The molecule has 0 N–H and O–H groups in total. The van der Waals surface area contributed by atoms with Crippen molar-refractivity contribution in [2.75, 3.05) is 6.61 Å². The van der Waals surface area contributed by atoms with Crippen LogP contribution in [0.2, 0.25) is 0 Å². The quantitative estimate of drug-likeness (QED) is 0.562. The van der Waals surface area contributed by atoms with Crippen LogP contribution in [-0.4, -0.2) is 17.1 Å². The first-order valence-corrected chi connectivity index (χ1v) is 7.42. The van der Waals surface area contributed by atoms with Crippen molar-refractivity contribution < 1.29 is 9.53 Å². The zero-order chi connectivity index (χ0) is 14.4. The van der Waals surface area contributed by atoms with Gasteiger partial charge in [-0.05, 0) is 50.3 Å². The van der Waals surface area contributed by atoms with Crippen LogP contribution >= 0.6 is 0 Å². The van der Waals surface area contributed by atoms with E-state index in [-0.39, 0.29) is 5.97 Å². The fourth-order valence-corrected chi connectivity index (χ4v) is 2.48. The van der Waals surface area contributed by atoms with Gasteiger partial charge in [-0.2, -0.15) is 0 Å². The zero-order valence-corrected chi connectivity index (χ0v) is 12.4. The Morgan fingerprint density at radius 3 is 2.85 bits per heavy atom. The molecule has 0 spiro atoms. The fraction of sp³-hybridized carbons (Fsp3) is 0.471. The smallest absolute Gasteiger partial charge is 0.305 e. The molecule has 3 nitrogen and oxygen atoms in total. The number of hydrogen-bond acceptors (Lipinski definition) is 2. The van der Waals surface area contributed by atoms with E-state index in [4.69, 9.17) is 4.74 Å². The molecular weight excluding hydrogens is 250 g/mol. The normalized spacial score (nSPS) is 10.9. The van der Waals surface area contributed by atoms with Gasteiger partial charge in [-0.3, -0.25) is 4.79 Å². The lowest BCUT2D eigenvalue weighted by Crippen LogP contribution is -2.03. The standard InChI is InChI=1S/C17H23NO2/c1-3-20-17(19)7-5-4-6-11-18-12-10-15-13-14(2)8-9-16(15)18/h8-10,12-13H,3-7,11H2,1-2H3. The van der Waals surface area contributed by atoms with E-state index in [1.54, 1.807) is 0 Å². The van der Waals surface area contributed by atoms with Crippen molar-refractivity contribution in [3.63, 3.8) is 0 Å². The van der Waals surface area contributed by atoms with Gasteiger partial charge < -0.3 is 9.30 Å². The Bertz CT molecular complexity index is 571. The molecule has 108 valence electrons. The third-order valence-corrected chi connectivity index (χ3v) is 3.51. The van der Waals surface area contributed by atoms with Crippen LogP contribution in [-0.2, 0) is 16.1 Å². The second-order valence-electron chi connectivity index (χ2n) is 5.19. The van der Waals surface area contributed by atoms with Crippen LogP contribution in [0.15, 0.2) is 30.5 Å². The van der Waals surface area contributed by atoms with Crippen LogP contribution in [0.3, 0.4) is 0 Å². The number of benzene rings is 1. The molecule has 0 aliphatic carbocycles. The minimum absolute atomic E-state index is 0.0746. The van der Waals surface area contributed by atoms with Gasteiger partial charge in [-0.25, -0.2) is 0 Å². The summed E-state index contributed by atoms with van der Waals surface area (Å²) in [6, 6.07) is 8.72. The van der Waals surface area contributed by atoms with Gasteiger partial charge in [-0.15, -0.1) is 0 Å². The molecule has 0 bridgehead atoms. The van der Waals surface area contributed by atoms with Crippen LogP contribution < -0.4 is 0 Å². The van der Waals surface area contributed by atoms with Crippen LogP contribution in [0.1, 0.15) is 38.2 Å². The van der Waals surface area contributed by atoms with E-state index >= 15 is 0 Å². The largest absolute Gasteiger partial charge is 0.466 e. The third-order valence-electron chi connectivity index (χ3n) is 3.51. The van der Waals surface area contributed by atoms with Crippen LogP contribution in [0.4, 0.5) is 0 Å². The van der Waals surface area contributed by atoms with Gasteiger partial charge in [0.2, 0.25) is 0 Å². The number of carbonyl (C=O) groups is 1. The maximum absolute atomic E-state index is 11.2. The van der Waals surface area contributed by atoms with Crippen molar-refractivity contribution in [3.8, 4) is 0 Å². The molecule has 0 fully saturated rings. The second kappa shape index (κ2) is 7.13. The van der Waals surface area contributed by atoms with E-state index in [1.165, 1.54) is 16.5 Å². The van der Waals surface area contributed by atoms with Crippen molar-refractivity contribution >= 4 is 16.9 Å². The average molecular weight is 273 g/mol. The molecule has 20 heavy (non-hydrogen) atoms. The topological polar surface area (TPSA) is 31.2 Å². The molecule has 1 heterocycles. The van der Waals surface area contributed by atoms with Crippen molar-refractivity contribution in [1.82, 2.24) is 4.57 Å². The predicted molar refractivity (Wildman–Crippen MR) is 81.8 cm³/mol. The van der Waals surface area contributed by atoms with E-state index in [0.717, 1.165) is 25.8 Å². The highest BCUT2D eigenvalue weighted by Crippen LogP contribution is 2.18. The predicted octanol–water partition coefficient (Wildman–Crippen LogP) is 4.07. The highest BCUT2D eigenvalue weighted by molar-refractivity contribution is 5.80. The van der Waals surface area contributed by atoms with Crippen molar-refractivity contribution in [1.29, 1.82) is 0 Å². The minimum Gasteiger partial charge on any atom is -0.466 e. The van der Waals surface area contributed by atoms with Gasteiger partial charge in [0.1, 0.15) is 0 Å². The summed E-state index contributed by atoms with van der Waals surface area (Å²) in [5, 5.41) is 1.30. The van der Waals surface area contributed by atoms with Gasteiger partial charge in [0.25, 0.3) is 0 Å². The average Bonchev–Trinajstić information content (AvgIpc) is 2.81. The summed E-state index contributed by atoms with van der Waals surface area (Å²) in [6.07, 6.45) is 5.76. The molecule has 0 atom stereocenters. The Hall–Kier alpha value is -1.77. The lowest BCUT2D eigenvalue weighted by Gasteiger charge is -2.06. The van der Waals surface area contributed by atoms with Crippen LogP contribution in [0.25, 0.3) is 10.9 Å². The number of nitrogens with zero attached hydrogens (tertiary/aromatic N) is 1. The van der Waals surface area contributed by atoms with E-state index < -0.39 is 0 Å². The van der Waals surface area contributed by atoms with Gasteiger partial charge in [0, 0.05) is 24.7 Å². The molecule has 2 aromatic rings. The number of esters is 1. The van der Waals surface area contributed by atoms with Crippen LogP contribution in [0.5, 0.6) is 0 Å². The number of fused-ring (bicyclic) bond motifs is 1. The van der Waals surface area contributed by atoms with Crippen molar-refractivity contribution in [3.05, 3.63) is 36.0 Å². The molecule has 1 aromatic carbocycles. The zero-order valence-electron chi connectivity index (χ0n) is 12.4. The van der Waals surface area contributed by atoms with Crippen molar-refractivity contribution in [2.45, 2.75) is 46.1 Å². The molecule has 0 saturated carbocycles. The van der Waals surface area contributed by atoms with E-state index in [0.29, 0.717) is 13.0 Å². The molecule has 0 aliphatic rings. The first-order valence-electron chi connectivity index (χ1n) is 7.42. The number of unbranched alkanes of at least 4 members (excludes halogenated alkanes) is 2. The Morgan fingerprint density at radius 1 is 1.20 bits per heavy atom. The third kappa shape index (κ3) is 3.86. The first kappa shape index (κ1) is 14.6. The molecule has 0 radical (unpaired) electrons. The highest BCUT2D eigenvalue weighted by Gasteiger charge is 2.03. The van der Waals surface area contributed by atoms with Crippen molar-refractivity contribution in [2.24, 2.45) is 0 Å².